The first-order valence-electron chi connectivity index (χ1n) is 4.69. The number of nitrogens with zero attached hydrogens (tertiary/aromatic N) is 1. The number of rotatable bonds is 2. The van der Waals surface area contributed by atoms with Crippen molar-refractivity contribution in [1.29, 1.82) is 0 Å². The molecule has 2 amide bonds. The van der Waals surface area contributed by atoms with Crippen LogP contribution in [-0.2, 0) is 9.59 Å². The quantitative estimate of drug-likeness (QED) is 0.738. The number of amides is 2. The highest BCUT2D eigenvalue weighted by Crippen LogP contribution is 2.23. The standard InChI is InChI=1S/C11H14N2O3/c1-7-6-8(4-5-9(7)16-3)13(2)11(15)10(12)14/h4-6H,1-3H3,(H2,12,14). The van der Waals surface area contributed by atoms with Crippen molar-refractivity contribution in [3.05, 3.63) is 23.8 Å². The second-order valence-corrected chi connectivity index (χ2v) is 3.38. The van der Waals surface area contributed by atoms with Crippen molar-refractivity contribution < 1.29 is 14.3 Å². The molecule has 1 rings (SSSR count). The summed E-state index contributed by atoms with van der Waals surface area (Å²) in [6.45, 7) is 1.85. The number of likely N-dealkylation sites (N-methyl/N-ethyl adjacent to an activating group) is 1. The summed E-state index contributed by atoms with van der Waals surface area (Å²) >= 11 is 0. The summed E-state index contributed by atoms with van der Waals surface area (Å²) in [5.74, 6) is -0.996. The van der Waals surface area contributed by atoms with Crippen LogP contribution in [0.15, 0.2) is 18.2 Å². The maximum Gasteiger partial charge on any atom is 0.315 e. The lowest BCUT2D eigenvalue weighted by Gasteiger charge is -2.16. The van der Waals surface area contributed by atoms with Crippen LogP contribution in [-0.4, -0.2) is 26.0 Å². The van der Waals surface area contributed by atoms with Crippen molar-refractivity contribution in [3.8, 4) is 5.75 Å². The maximum absolute atomic E-state index is 11.3. The number of benzene rings is 1. The molecule has 0 fully saturated rings. The largest absolute Gasteiger partial charge is 0.496 e. The summed E-state index contributed by atoms with van der Waals surface area (Å²) in [7, 11) is 3.06. The van der Waals surface area contributed by atoms with E-state index in [4.69, 9.17) is 10.5 Å². The lowest BCUT2D eigenvalue weighted by molar-refractivity contribution is -0.135. The molecule has 2 N–H and O–H groups in total. The summed E-state index contributed by atoms with van der Waals surface area (Å²) in [5.41, 5.74) is 6.39. The molecule has 0 radical (unpaired) electrons. The molecule has 0 unspecified atom stereocenters. The topological polar surface area (TPSA) is 72.6 Å². The van der Waals surface area contributed by atoms with Gasteiger partial charge in [0.15, 0.2) is 0 Å². The monoisotopic (exact) mass is 222 g/mol. The molecule has 0 spiro atoms. The van der Waals surface area contributed by atoms with Crippen molar-refractivity contribution in [3.63, 3.8) is 0 Å². The van der Waals surface area contributed by atoms with Crippen LogP contribution in [0.1, 0.15) is 5.56 Å². The van der Waals surface area contributed by atoms with E-state index < -0.39 is 11.8 Å². The van der Waals surface area contributed by atoms with E-state index in [2.05, 4.69) is 0 Å². The van der Waals surface area contributed by atoms with E-state index in [9.17, 15) is 9.59 Å². The summed E-state index contributed by atoms with van der Waals surface area (Å²) in [6, 6.07) is 5.17. The first-order chi connectivity index (χ1) is 7.47. The highest BCUT2D eigenvalue weighted by molar-refractivity contribution is 6.39. The van der Waals surface area contributed by atoms with Crippen molar-refractivity contribution in [1.82, 2.24) is 0 Å². The van der Waals surface area contributed by atoms with E-state index in [1.165, 1.54) is 11.9 Å². The fourth-order valence-corrected chi connectivity index (χ4v) is 1.35. The van der Waals surface area contributed by atoms with E-state index >= 15 is 0 Å². The Kier molecular flexibility index (Phi) is 3.50. The minimum absolute atomic E-state index is 0.599. The van der Waals surface area contributed by atoms with Crippen LogP contribution in [0.5, 0.6) is 5.75 Å². The Hall–Kier alpha value is -2.04. The molecule has 0 saturated heterocycles. The number of primary amides is 1. The third kappa shape index (κ3) is 2.31. The van der Waals surface area contributed by atoms with Crippen LogP contribution in [0.25, 0.3) is 0 Å². The number of hydrogen-bond donors (Lipinski definition) is 1. The molecule has 86 valence electrons. The number of carbonyl (C=O) groups excluding carboxylic acids is 2. The molecule has 1 aromatic carbocycles. The number of nitrogens with two attached hydrogens (primary N) is 1. The van der Waals surface area contributed by atoms with Gasteiger partial charge >= 0.3 is 11.8 Å². The number of hydrogen-bond acceptors (Lipinski definition) is 3. The van der Waals surface area contributed by atoms with Crippen molar-refractivity contribution in [2.75, 3.05) is 19.1 Å². The van der Waals surface area contributed by atoms with Gasteiger partial charge in [0.2, 0.25) is 0 Å². The molecule has 0 bridgehead atoms. The van der Waals surface area contributed by atoms with Gasteiger partial charge in [-0.15, -0.1) is 0 Å². The van der Waals surface area contributed by atoms with Gasteiger partial charge in [-0.1, -0.05) is 0 Å². The molecular formula is C11H14N2O3. The van der Waals surface area contributed by atoms with E-state index in [1.807, 2.05) is 6.92 Å². The third-order valence-electron chi connectivity index (χ3n) is 2.28. The molecule has 0 atom stereocenters. The molecule has 5 heteroatoms. The van der Waals surface area contributed by atoms with Gasteiger partial charge in [0.25, 0.3) is 0 Å². The zero-order valence-corrected chi connectivity index (χ0v) is 9.48. The van der Waals surface area contributed by atoms with E-state index in [0.717, 1.165) is 11.3 Å². The second kappa shape index (κ2) is 4.65. The van der Waals surface area contributed by atoms with Gasteiger partial charge in [0.05, 0.1) is 7.11 Å². The van der Waals surface area contributed by atoms with Crippen LogP contribution < -0.4 is 15.4 Å². The Morgan fingerprint density at radius 1 is 1.38 bits per heavy atom. The van der Waals surface area contributed by atoms with Gasteiger partial charge in [0.1, 0.15) is 5.75 Å². The average Bonchev–Trinajstić information content (AvgIpc) is 2.26. The lowest BCUT2D eigenvalue weighted by Crippen LogP contribution is -2.37. The molecule has 0 heterocycles. The van der Waals surface area contributed by atoms with Crippen LogP contribution >= 0.6 is 0 Å². The zero-order chi connectivity index (χ0) is 12.3. The van der Waals surface area contributed by atoms with Gasteiger partial charge in [-0.25, -0.2) is 0 Å². The first kappa shape index (κ1) is 12.0. The third-order valence-corrected chi connectivity index (χ3v) is 2.28. The Labute approximate surface area is 93.8 Å². The highest BCUT2D eigenvalue weighted by atomic mass is 16.5. The number of anilines is 1. The minimum atomic E-state index is -0.976. The van der Waals surface area contributed by atoms with E-state index in [0.29, 0.717) is 5.69 Å². The average molecular weight is 222 g/mol. The van der Waals surface area contributed by atoms with Crippen LogP contribution in [0.3, 0.4) is 0 Å². The molecule has 0 saturated carbocycles. The van der Waals surface area contributed by atoms with E-state index in [-0.39, 0.29) is 0 Å². The first-order valence-corrected chi connectivity index (χ1v) is 4.69. The Bertz CT molecular complexity index is 429. The fourth-order valence-electron chi connectivity index (χ4n) is 1.35. The van der Waals surface area contributed by atoms with E-state index in [1.54, 1.807) is 25.3 Å². The SMILES string of the molecule is COc1ccc(N(C)C(=O)C(N)=O)cc1C. The van der Waals surface area contributed by atoms with Crippen LogP contribution in [0.2, 0.25) is 0 Å². The Morgan fingerprint density at radius 2 is 2.00 bits per heavy atom. The second-order valence-electron chi connectivity index (χ2n) is 3.38. The lowest BCUT2D eigenvalue weighted by atomic mass is 10.2. The van der Waals surface area contributed by atoms with Crippen LogP contribution in [0.4, 0.5) is 5.69 Å². The van der Waals surface area contributed by atoms with Gasteiger partial charge in [-0.3, -0.25) is 9.59 Å². The smallest absolute Gasteiger partial charge is 0.315 e. The summed E-state index contributed by atoms with van der Waals surface area (Å²) in [6.07, 6.45) is 0. The normalized spacial score (nSPS) is 9.69. The molecule has 1 aromatic rings. The fraction of sp³-hybridized carbons (Fsp3) is 0.273. The molecule has 16 heavy (non-hydrogen) atoms. The van der Waals surface area contributed by atoms with Crippen LogP contribution in [0, 0.1) is 6.92 Å². The molecule has 0 aliphatic heterocycles. The predicted molar refractivity (Wildman–Crippen MR) is 60.3 cm³/mol. The number of carbonyl (C=O) groups is 2. The van der Waals surface area contributed by atoms with Crippen molar-refractivity contribution in [2.45, 2.75) is 6.92 Å². The van der Waals surface area contributed by atoms with Gasteiger partial charge < -0.3 is 15.4 Å². The summed E-state index contributed by atoms with van der Waals surface area (Å²) in [5, 5.41) is 0. The molecular weight excluding hydrogens is 208 g/mol. The van der Waals surface area contributed by atoms with Gasteiger partial charge in [-0.2, -0.15) is 0 Å². The summed E-state index contributed by atoms with van der Waals surface area (Å²) in [4.78, 5) is 23.3. The minimum Gasteiger partial charge on any atom is -0.496 e. The van der Waals surface area contributed by atoms with Gasteiger partial charge in [0, 0.05) is 12.7 Å². The highest BCUT2D eigenvalue weighted by Gasteiger charge is 2.16. The molecule has 5 nitrogen and oxygen atoms in total. The number of ether oxygens (including phenoxy) is 1. The Balaban J connectivity index is 3.01. The Morgan fingerprint density at radius 3 is 2.44 bits per heavy atom. The molecule has 0 aliphatic rings. The molecule has 0 aromatic heterocycles. The number of methoxy groups -OCH3 is 1. The summed E-state index contributed by atoms with van der Waals surface area (Å²) < 4.78 is 5.09. The van der Waals surface area contributed by atoms with Crippen molar-refractivity contribution >= 4 is 17.5 Å². The predicted octanol–water partition coefficient (Wildman–Crippen LogP) is 0.452. The number of aryl methyl sites for hydroxylation is 1. The molecule has 0 aliphatic carbocycles. The van der Waals surface area contributed by atoms with Crippen molar-refractivity contribution in [2.24, 2.45) is 5.73 Å². The maximum atomic E-state index is 11.3. The van der Waals surface area contributed by atoms with Gasteiger partial charge in [-0.05, 0) is 30.7 Å². The zero-order valence-electron chi connectivity index (χ0n) is 9.48.